The molecular weight excluding hydrogens is 146 g/mol. The van der Waals surface area contributed by atoms with Crippen LogP contribution in [0.5, 0.6) is 0 Å². The average molecular weight is 161 g/mol. The lowest BCUT2D eigenvalue weighted by Gasteiger charge is -1.95. The summed E-state index contributed by atoms with van der Waals surface area (Å²) in [6, 6.07) is 0. The summed E-state index contributed by atoms with van der Waals surface area (Å²) in [5.41, 5.74) is 1.90. The Bertz CT molecular complexity index is 232. The zero-order valence-electron chi connectivity index (χ0n) is 7.75. The number of allylic oxidation sites excluding steroid dienone is 6. The summed E-state index contributed by atoms with van der Waals surface area (Å²) in [6.45, 7) is 11.2. The van der Waals surface area contributed by atoms with Crippen molar-refractivity contribution in [3.05, 3.63) is 48.7 Å². The van der Waals surface area contributed by atoms with Crippen LogP contribution in [0.15, 0.2) is 53.7 Å². The summed E-state index contributed by atoms with van der Waals surface area (Å²) in [5, 5.41) is 0. The smallest absolute Gasteiger partial charge is 0.0444 e. The van der Waals surface area contributed by atoms with Crippen LogP contribution in [-0.2, 0) is 0 Å². The molecule has 0 amide bonds. The van der Waals surface area contributed by atoms with Gasteiger partial charge >= 0.3 is 0 Å². The first kappa shape index (κ1) is 10.6. The van der Waals surface area contributed by atoms with Gasteiger partial charge in [-0.05, 0) is 25.5 Å². The first-order valence-electron chi connectivity index (χ1n) is 3.87. The summed E-state index contributed by atoms with van der Waals surface area (Å²) >= 11 is 0. The van der Waals surface area contributed by atoms with E-state index >= 15 is 0 Å². The second-order valence-electron chi connectivity index (χ2n) is 2.25. The van der Waals surface area contributed by atoms with E-state index in [1.54, 1.807) is 18.4 Å². The minimum absolute atomic E-state index is 0.929. The first-order valence-corrected chi connectivity index (χ1v) is 3.87. The normalized spacial score (nSPS) is 10.5. The number of rotatable bonds is 4. The number of hydrogen-bond acceptors (Lipinski definition) is 1. The molecule has 0 saturated heterocycles. The van der Waals surface area contributed by atoms with E-state index in [1.165, 1.54) is 0 Å². The van der Waals surface area contributed by atoms with Gasteiger partial charge < -0.3 is 0 Å². The average Bonchev–Trinajstić information content (AvgIpc) is 2.07. The molecule has 12 heavy (non-hydrogen) atoms. The first-order chi connectivity index (χ1) is 5.76. The Labute approximate surface area is 74.5 Å². The van der Waals surface area contributed by atoms with Crippen molar-refractivity contribution in [3.8, 4) is 0 Å². The third-order valence-corrected chi connectivity index (χ3v) is 1.40. The van der Waals surface area contributed by atoms with Crippen LogP contribution >= 0.6 is 0 Å². The predicted molar refractivity (Wildman–Crippen MR) is 56.4 cm³/mol. The zero-order valence-corrected chi connectivity index (χ0v) is 7.75. The molecule has 0 heterocycles. The van der Waals surface area contributed by atoms with E-state index < -0.39 is 0 Å². The Morgan fingerprint density at radius 1 is 1.25 bits per heavy atom. The van der Waals surface area contributed by atoms with Gasteiger partial charge in [-0.1, -0.05) is 31.4 Å². The molecule has 1 heteroatoms. The van der Waals surface area contributed by atoms with Crippen molar-refractivity contribution in [1.82, 2.24) is 0 Å². The van der Waals surface area contributed by atoms with Gasteiger partial charge in [-0.25, -0.2) is 0 Å². The van der Waals surface area contributed by atoms with Gasteiger partial charge in [-0.15, -0.1) is 0 Å². The monoisotopic (exact) mass is 161 g/mol. The van der Waals surface area contributed by atoms with E-state index in [0.29, 0.717) is 0 Å². The third-order valence-electron chi connectivity index (χ3n) is 1.40. The highest BCUT2D eigenvalue weighted by molar-refractivity contribution is 5.72. The molecule has 0 aromatic carbocycles. The lowest BCUT2D eigenvalue weighted by molar-refractivity contribution is 1.28. The van der Waals surface area contributed by atoms with Gasteiger partial charge in [-0.3, -0.25) is 4.99 Å². The quantitative estimate of drug-likeness (QED) is 0.443. The van der Waals surface area contributed by atoms with Gasteiger partial charge in [0.25, 0.3) is 0 Å². The standard InChI is InChI=1S/C11H15N/c1-5-8-9-12-10(4)11(6-2)7-3/h5-9H,2-3H2,1,4H3/b8-5-,12-9-. The molecule has 1 nitrogen and oxygen atoms in total. The lowest BCUT2D eigenvalue weighted by Crippen LogP contribution is -1.77. The fourth-order valence-electron chi connectivity index (χ4n) is 0.694. The van der Waals surface area contributed by atoms with Crippen molar-refractivity contribution < 1.29 is 0 Å². The van der Waals surface area contributed by atoms with Crippen LogP contribution in [-0.4, -0.2) is 6.21 Å². The van der Waals surface area contributed by atoms with E-state index in [9.17, 15) is 0 Å². The Balaban J connectivity index is 4.53. The van der Waals surface area contributed by atoms with Gasteiger partial charge in [0.05, 0.1) is 0 Å². The minimum atomic E-state index is 0.929. The highest BCUT2D eigenvalue weighted by Gasteiger charge is 1.88. The maximum absolute atomic E-state index is 4.18. The molecule has 0 rings (SSSR count). The highest BCUT2D eigenvalue weighted by Crippen LogP contribution is 2.06. The molecule has 0 radical (unpaired) electrons. The fraction of sp³-hybridized carbons (Fsp3) is 0.182. The third kappa shape index (κ3) is 3.71. The van der Waals surface area contributed by atoms with Gasteiger partial charge in [0.2, 0.25) is 0 Å². The summed E-state index contributed by atoms with van der Waals surface area (Å²) in [6.07, 6.45) is 9.05. The summed E-state index contributed by atoms with van der Waals surface area (Å²) < 4.78 is 0. The summed E-state index contributed by atoms with van der Waals surface area (Å²) in [4.78, 5) is 4.18. The van der Waals surface area contributed by atoms with Crippen molar-refractivity contribution >= 4 is 6.21 Å². The molecular formula is C11H15N. The largest absolute Gasteiger partial charge is 0.261 e. The maximum atomic E-state index is 4.18. The van der Waals surface area contributed by atoms with Gasteiger partial charge in [-0.2, -0.15) is 0 Å². The van der Waals surface area contributed by atoms with E-state index in [2.05, 4.69) is 18.2 Å². The van der Waals surface area contributed by atoms with Crippen LogP contribution in [0.25, 0.3) is 0 Å². The molecule has 0 N–H and O–H groups in total. The van der Waals surface area contributed by atoms with Crippen LogP contribution in [0.4, 0.5) is 0 Å². The van der Waals surface area contributed by atoms with Gasteiger partial charge in [0.1, 0.15) is 0 Å². The van der Waals surface area contributed by atoms with E-state index in [0.717, 1.165) is 11.3 Å². The summed E-state index contributed by atoms with van der Waals surface area (Å²) in [5.74, 6) is 0. The summed E-state index contributed by atoms with van der Waals surface area (Å²) in [7, 11) is 0. The highest BCUT2D eigenvalue weighted by atomic mass is 14.7. The molecule has 64 valence electrons. The second kappa shape index (κ2) is 6.35. The molecule has 0 aliphatic heterocycles. The van der Waals surface area contributed by atoms with Gasteiger partial charge in [0.15, 0.2) is 0 Å². The second-order valence-corrected chi connectivity index (χ2v) is 2.25. The Kier molecular flexibility index (Phi) is 5.62. The van der Waals surface area contributed by atoms with Crippen LogP contribution in [0.1, 0.15) is 13.8 Å². The molecule has 0 aromatic rings. The Morgan fingerprint density at radius 3 is 2.25 bits per heavy atom. The van der Waals surface area contributed by atoms with Crippen molar-refractivity contribution in [2.45, 2.75) is 13.8 Å². The Morgan fingerprint density at radius 2 is 1.83 bits per heavy atom. The topological polar surface area (TPSA) is 12.4 Å². The van der Waals surface area contributed by atoms with Gasteiger partial charge in [0, 0.05) is 11.9 Å². The van der Waals surface area contributed by atoms with Crippen LogP contribution in [0.2, 0.25) is 0 Å². The molecule has 0 aromatic heterocycles. The van der Waals surface area contributed by atoms with Crippen molar-refractivity contribution in [2.75, 3.05) is 0 Å². The molecule has 0 bridgehead atoms. The maximum Gasteiger partial charge on any atom is 0.0444 e. The fourth-order valence-corrected chi connectivity index (χ4v) is 0.694. The molecule has 0 spiro atoms. The Hall–Kier alpha value is -1.37. The minimum Gasteiger partial charge on any atom is -0.261 e. The molecule has 0 atom stereocenters. The van der Waals surface area contributed by atoms with Crippen LogP contribution in [0.3, 0.4) is 0 Å². The van der Waals surface area contributed by atoms with Crippen LogP contribution in [0, 0.1) is 0 Å². The SMILES string of the molecule is C=CC(C=C)=C(C)/N=C\C=C/C. The van der Waals surface area contributed by atoms with Crippen molar-refractivity contribution in [1.29, 1.82) is 0 Å². The predicted octanol–water partition coefficient (Wildman–Crippen LogP) is 3.28. The molecule has 0 aliphatic carbocycles. The lowest BCUT2D eigenvalue weighted by atomic mass is 10.2. The van der Waals surface area contributed by atoms with E-state index in [-0.39, 0.29) is 0 Å². The van der Waals surface area contributed by atoms with Crippen molar-refractivity contribution in [3.63, 3.8) is 0 Å². The number of nitrogens with zero attached hydrogens (tertiary/aromatic N) is 1. The molecule has 0 fully saturated rings. The molecule has 0 unspecified atom stereocenters. The van der Waals surface area contributed by atoms with Crippen molar-refractivity contribution in [2.24, 2.45) is 4.99 Å². The number of aliphatic imine (C=N–C) groups is 1. The molecule has 0 aliphatic rings. The van der Waals surface area contributed by atoms with E-state index in [1.807, 2.05) is 26.0 Å². The zero-order chi connectivity index (χ0) is 9.40. The van der Waals surface area contributed by atoms with E-state index in [4.69, 9.17) is 0 Å². The van der Waals surface area contributed by atoms with Crippen LogP contribution < -0.4 is 0 Å². The number of hydrogen-bond donors (Lipinski definition) is 0. The molecule has 0 saturated carbocycles.